The molecule has 3 aromatic rings. The standard InChI is InChI=1S/C16H19N5O/c1-11(2)12(3)21-15(7-8-17-21)19-16(22)13-10-18-20-9-5-4-6-14(13)20/h4-12H,1-3H3,(H,19,22)/t12-/m1/s1. The lowest BCUT2D eigenvalue weighted by Crippen LogP contribution is -2.19. The quantitative estimate of drug-likeness (QED) is 0.805. The number of aromatic nitrogens is 4. The van der Waals surface area contributed by atoms with Crippen LogP contribution in [-0.2, 0) is 0 Å². The molecule has 114 valence electrons. The molecular weight excluding hydrogens is 278 g/mol. The Kier molecular flexibility index (Phi) is 3.66. The maximum absolute atomic E-state index is 12.5. The average Bonchev–Trinajstić information content (AvgIpc) is 3.12. The lowest BCUT2D eigenvalue weighted by Gasteiger charge is -2.19. The van der Waals surface area contributed by atoms with Crippen molar-refractivity contribution in [3.8, 4) is 0 Å². The number of anilines is 1. The fourth-order valence-corrected chi connectivity index (χ4v) is 2.31. The first-order valence-electron chi connectivity index (χ1n) is 7.35. The highest BCUT2D eigenvalue weighted by Gasteiger charge is 2.17. The summed E-state index contributed by atoms with van der Waals surface area (Å²) < 4.78 is 3.53. The van der Waals surface area contributed by atoms with Crippen LogP contribution in [0.2, 0.25) is 0 Å². The van der Waals surface area contributed by atoms with E-state index in [4.69, 9.17) is 0 Å². The van der Waals surface area contributed by atoms with Crippen LogP contribution in [0.15, 0.2) is 42.9 Å². The van der Waals surface area contributed by atoms with Crippen LogP contribution in [-0.4, -0.2) is 25.3 Å². The Hall–Kier alpha value is -2.63. The summed E-state index contributed by atoms with van der Waals surface area (Å²) in [5.41, 5.74) is 1.33. The van der Waals surface area contributed by atoms with Gasteiger partial charge in [-0.3, -0.25) is 4.79 Å². The van der Waals surface area contributed by atoms with Gasteiger partial charge in [0.05, 0.1) is 29.5 Å². The van der Waals surface area contributed by atoms with Gasteiger partial charge in [-0.1, -0.05) is 19.9 Å². The minimum absolute atomic E-state index is 0.182. The van der Waals surface area contributed by atoms with Crippen molar-refractivity contribution >= 4 is 17.2 Å². The number of nitrogens with zero attached hydrogens (tertiary/aromatic N) is 4. The summed E-state index contributed by atoms with van der Waals surface area (Å²) in [6.07, 6.45) is 5.10. The molecule has 6 heteroatoms. The number of nitrogens with one attached hydrogen (secondary N) is 1. The molecule has 0 fully saturated rings. The second-order valence-electron chi connectivity index (χ2n) is 5.69. The SMILES string of the molecule is CC(C)[C@@H](C)n1nccc1NC(=O)c1cnn2ccccc12. The molecule has 3 aromatic heterocycles. The van der Waals surface area contributed by atoms with Gasteiger partial charge in [0, 0.05) is 12.3 Å². The molecule has 3 rings (SSSR count). The van der Waals surface area contributed by atoms with E-state index in [2.05, 4.69) is 36.3 Å². The number of carbonyl (C=O) groups excluding carboxylic acids is 1. The monoisotopic (exact) mass is 297 g/mol. The van der Waals surface area contributed by atoms with Gasteiger partial charge < -0.3 is 5.32 Å². The summed E-state index contributed by atoms with van der Waals surface area (Å²) in [5, 5.41) is 11.4. The number of pyridine rings is 1. The van der Waals surface area contributed by atoms with E-state index in [-0.39, 0.29) is 11.9 Å². The molecule has 0 unspecified atom stereocenters. The number of amides is 1. The summed E-state index contributed by atoms with van der Waals surface area (Å²) in [6.45, 7) is 6.34. The van der Waals surface area contributed by atoms with Crippen molar-refractivity contribution in [1.82, 2.24) is 19.4 Å². The van der Waals surface area contributed by atoms with Crippen molar-refractivity contribution in [2.75, 3.05) is 5.32 Å². The van der Waals surface area contributed by atoms with Gasteiger partial charge in [-0.2, -0.15) is 10.2 Å². The number of hydrogen-bond donors (Lipinski definition) is 1. The Morgan fingerprint density at radius 1 is 1.18 bits per heavy atom. The van der Waals surface area contributed by atoms with Crippen LogP contribution in [0.5, 0.6) is 0 Å². The highest BCUT2D eigenvalue weighted by molar-refractivity contribution is 6.08. The molecule has 0 aliphatic rings. The van der Waals surface area contributed by atoms with Gasteiger partial charge in [0.2, 0.25) is 0 Å². The molecule has 3 heterocycles. The van der Waals surface area contributed by atoms with E-state index < -0.39 is 0 Å². The zero-order chi connectivity index (χ0) is 15.7. The van der Waals surface area contributed by atoms with Gasteiger partial charge in [0.25, 0.3) is 5.91 Å². The van der Waals surface area contributed by atoms with E-state index in [0.717, 1.165) is 5.52 Å². The predicted octanol–water partition coefficient (Wildman–Crippen LogP) is 3.00. The van der Waals surface area contributed by atoms with Crippen LogP contribution < -0.4 is 5.32 Å². The molecule has 0 bridgehead atoms. The molecule has 0 aliphatic carbocycles. The first kappa shape index (κ1) is 14.3. The van der Waals surface area contributed by atoms with Crippen molar-refractivity contribution in [3.63, 3.8) is 0 Å². The van der Waals surface area contributed by atoms with E-state index in [9.17, 15) is 4.79 Å². The molecule has 6 nitrogen and oxygen atoms in total. The second kappa shape index (κ2) is 5.63. The van der Waals surface area contributed by atoms with Crippen LogP contribution in [0, 0.1) is 5.92 Å². The van der Waals surface area contributed by atoms with Gasteiger partial charge in [-0.05, 0) is 25.0 Å². The van der Waals surface area contributed by atoms with Crippen LogP contribution in [0.1, 0.15) is 37.2 Å². The van der Waals surface area contributed by atoms with Crippen molar-refractivity contribution < 1.29 is 4.79 Å². The minimum Gasteiger partial charge on any atom is -0.307 e. The Labute approximate surface area is 128 Å². The molecule has 0 radical (unpaired) electrons. The first-order chi connectivity index (χ1) is 10.6. The zero-order valence-electron chi connectivity index (χ0n) is 12.9. The van der Waals surface area contributed by atoms with E-state index in [0.29, 0.717) is 17.3 Å². The highest BCUT2D eigenvalue weighted by Crippen LogP contribution is 2.21. The third-order valence-electron chi connectivity index (χ3n) is 3.93. The highest BCUT2D eigenvalue weighted by atomic mass is 16.1. The topological polar surface area (TPSA) is 64.2 Å². The number of carbonyl (C=O) groups is 1. The van der Waals surface area contributed by atoms with Crippen molar-refractivity contribution in [3.05, 3.63) is 48.4 Å². The third-order valence-corrected chi connectivity index (χ3v) is 3.93. The minimum atomic E-state index is -0.182. The summed E-state index contributed by atoms with van der Waals surface area (Å²) in [5.74, 6) is 0.938. The van der Waals surface area contributed by atoms with Gasteiger partial charge in [0.15, 0.2) is 0 Å². The summed E-state index contributed by atoms with van der Waals surface area (Å²) in [6, 6.07) is 7.65. The first-order valence-corrected chi connectivity index (χ1v) is 7.35. The van der Waals surface area contributed by atoms with Crippen LogP contribution >= 0.6 is 0 Å². The van der Waals surface area contributed by atoms with E-state index in [1.54, 1.807) is 16.9 Å². The van der Waals surface area contributed by atoms with Crippen molar-refractivity contribution in [2.45, 2.75) is 26.8 Å². The molecular formula is C16H19N5O. The Morgan fingerprint density at radius 3 is 2.77 bits per heavy atom. The Bertz CT molecular complexity index is 802. The summed E-state index contributed by atoms with van der Waals surface area (Å²) >= 11 is 0. The van der Waals surface area contributed by atoms with Gasteiger partial charge in [-0.25, -0.2) is 9.20 Å². The largest absolute Gasteiger partial charge is 0.307 e. The number of hydrogen-bond acceptors (Lipinski definition) is 3. The van der Waals surface area contributed by atoms with Crippen molar-refractivity contribution in [2.24, 2.45) is 5.92 Å². The van der Waals surface area contributed by atoms with Gasteiger partial charge >= 0.3 is 0 Å². The predicted molar refractivity (Wildman–Crippen MR) is 84.9 cm³/mol. The second-order valence-corrected chi connectivity index (χ2v) is 5.69. The van der Waals surface area contributed by atoms with E-state index >= 15 is 0 Å². The molecule has 22 heavy (non-hydrogen) atoms. The van der Waals surface area contributed by atoms with Crippen molar-refractivity contribution in [1.29, 1.82) is 0 Å². The summed E-state index contributed by atoms with van der Waals surface area (Å²) in [4.78, 5) is 12.5. The number of rotatable bonds is 4. The molecule has 1 atom stereocenters. The molecule has 1 N–H and O–H groups in total. The maximum atomic E-state index is 12.5. The van der Waals surface area contributed by atoms with Gasteiger partial charge in [-0.15, -0.1) is 0 Å². The normalized spacial score (nSPS) is 12.7. The van der Waals surface area contributed by atoms with Crippen LogP contribution in [0.3, 0.4) is 0 Å². The molecule has 1 amide bonds. The maximum Gasteiger partial charge on any atom is 0.260 e. The van der Waals surface area contributed by atoms with E-state index in [1.165, 1.54) is 0 Å². The van der Waals surface area contributed by atoms with Crippen LogP contribution in [0.25, 0.3) is 5.52 Å². The fraction of sp³-hybridized carbons (Fsp3) is 0.312. The molecule has 0 aliphatic heterocycles. The van der Waals surface area contributed by atoms with Gasteiger partial charge in [0.1, 0.15) is 5.82 Å². The number of fused-ring (bicyclic) bond motifs is 1. The van der Waals surface area contributed by atoms with E-state index in [1.807, 2.05) is 35.1 Å². The fourth-order valence-electron chi connectivity index (χ4n) is 2.31. The Balaban J connectivity index is 1.88. The molecule has 0 spiro atoms. The molecule has 0 aromatic carbocycles. The van der Waals surface area contributed by atoms with Crippen LogP contribution in [0.4, 0.5) is 5.82 Å². The smallest absolute Gasteiger partial charge is 0.260 e. The Morgan fingerprint density at radius 2 is 2.00 bits per heavy atom. The lowest BCUT2D eigenvalue weighted by atomic mass is 10.1. The molecule has 0 saturated carbocycles. The lowest BCUT2D eigenvalue weighted by molar-refractivity contribution is 0.102. The zero-order valence-corrected chi connectivity index (χ0v) is 12.9. The third kappa shape index (κ3) is 2.47. The average molecular weight is 297 g/mol. The summed E-state index contributed by atoms with van der Waals surface area (Å²) in [7, 11) is 0. The molecule has 0 saturated heterocycles.